The van der Waals surface area contributed by atoms with Gasteiger partial charge in [0, 0.05) is 11.8 Å². The molecule has 0 aliphatic rings. The Morgan fingerprint density at radius 3 is 2.35 bits per heavy atom. The molecule has 0 saturated heterocycles. The molecule has 1 aromatic heterocycles. The van der Waals surface area contributed by atoms with E-state index in [-0.39, 0.29) is 6.42 Å². The van der Waals surface area contributed by atoms with E-state index in [1.165, 1.54) is 18.3 Å². The molecule has 1 N–H and O–H groups in total. The first-order valence-electron chi connectivity index (χ1n) is 5.71. The summed E-state index contributed by atoms with van der Waals surface area (Å²) < 4.78 is 37.4. The summed E-state index contributed by atoms with van der Waals surface area (Å²) >= 11 is 0. The summed E-state index contributed by atoms with van der Waals surface area (Å²) in [6.07, 6.45) is -3.16. The van der Waals surface area contributed by atoms with E-state index in [0.717, 1.165) is 12.1 Å². The Morgan fingerprint density at radius 1 is 1.15 bits per heavy atom. The lowest BCUT2D eigenvalue weighted by atomic mass is 10.0. The molecule has 2 aromatic rings. The average Bonchev–Trinajstić information content (AvgIpc) is 2.38. The highest BCUT2D eigenvalue weighted by molar-refractivity contribution is 5.74. The third-order valence-electron chi connectivity index (χ3n) is 2.72. The van der Waals surface area contributed by atoms with Crippen molar-refractivity contribution < 1.29 is 23.1 Å². The van der Waals surface area contributed by atoms with Gasteiger partial charge < -0.3 is 5.11 Å². The van der Waals surface area contributed by atoms with Crippen LogP contribution in [0.5, 0.6) is 0 Å². The predicted molar refractivity (Wildman–Crippen MR) is 66.0 cm³/mol. The van der Waals surface area contributed by atoms with Crippen molar-refractivity contribution in [3.8, 4) is 11.3 Å². The van der Waals surface area contributed by atoms with Gasteiger partial charge in [0.25, 0.3) is 0 Å². The maximum absolute atomic E-state index is 12.5. The third kappa shape index (κ3) is 3.14. The zero-order valence-electron chi connectivity index (χ0n) is 10.2. The molecule has 0 spiro atoms. The maximum atomic E-state index is 12.5. The fraction of sp³-hybridized carbons (Fsp3) is 0.143. The Bertz CT molecular complexity index is 621. The number of aromatic nitrogens is 1. The van der Waals surface area contributed by atoms with Gasteiger partial charge >= 0.3 is 12.1 Å². The van der Waals surface area contributed by atoms with E-state index in [1.807, 2.05) is 0 Å². The average molecular weight is 281 g/mol. The Balaban J connectivity index is 2.39. The summed E-state index contributed by atoms with van der Waals surface area (Å²) in [7, 11) is 0. The Morgan fingerprint density at radius 2 is 1.80 bits per heavy atom. The van der Waals surface area contributed by atoms with Crippen LogP contribution in [0.1, 0.15) is 11.1 Å². The molecule has 20 heavy (non-hydrogen) atoms. The van der Waals surface area contributed by atoms with Gasteiger partial charge in [-0.1, -0.05) is 18.2 Å². The first kappa shape index (κ1) is 14.0. The van der Waals surface area contributed by atoms with Gasteiger partial charge in [0.15, 0.2) is 0 Å². The summed E-state index contributed by atoms with van der Waals surface area (Å²) in [4.78, 5) is 14.8. The monoisotopic (exact) mass is 281 g/mol. The van der Waals surface area contributed by atoms with Crippen LogP contribution >= 0.6 is 0 Å². The largest absolute Gasteiger partial charge is 0.481 e. The van der Waals surface area contributed by atoms with Crippen molar-refractivity contribution in [2.24, 2.45) is 0 Å². The second-order valence-corrected chi connectivity index (χ2v) is 4.16. The van der Waals surface area contributed by atoms with Crippen LogP contribution in [-0.2, 0) is 17.4 Å². The van der Waals surface area contributed by atoms with Gasteiger partial charge in [-0.05, 0) is 23.8 Å². The van der Waals surface area contributed by atoms with Gasteiger partial charge in [0.1, 0.15) is 0 Å². The molecule has 0 atom stereocenters. The van der Waals surface area contributed by atoms with Gasteiger partial charge in [0.05, 0.1) is 17.7 Å². The normalized spacial score (nSPS) is 11.3. The zero-order valence-corrected chi connectivity index (χ0v) is 10.2. The van der Waals surface area contributed by atoms with Gasteiger partial charge in [-0.25, -0.2) is 0 Å². The Kier molecular flexibility index (Phi) is 3.74. The van der Waals surface area contributed by atoms with Crippen molar-refractivity contribution in [3.63, 3.8) is 0 Å². The lowest BCUT2D eigenvalue weighted by Crippen LogP contribution is -2.05. The van der Waals surface area contributed by atoms with Crippen molar-refractivity contribution in [2.75, 3.05) is 0 Å². The fourth-order valence-corrected chi connectivity index (χ4v) is 1.82. The van der Waals surface area contributed by atoms with Crippen molar-refractivity contribution in [1.29, 1.82) is 0 Å². The van der Waals surface area contributed by atoms with E-state index in [0.29, 0.717) is 16.8 Å². The lowest BCUT2D eigenvalue weighted by Gasteiger charge is -2.09. The molecule has 0 aliphatic heterocycles. The topological polar surface area (TPSA) is 50.2 Å². The molecule has 0 radical (unpaired) electrons. The zero-order chi connectivity index (χ0) is 14.8. The summed E-state index contributed by atoms with van der Waals surface area (Å²) in [6.45, 7) is 0. The van der Waals surface area contributed by atoms with Gasteiger partial charge in [-0.3, -0.25) is 9.78 Å². The van der Waals surface area contributed by atoms with E-state index >= 15 is 0 Å². The number of carboxylic acids is 1. The molecule has 6 heteroatoms. The van der Waals surface area contributed by atoms with Gasteiger partial charge in [-0.15, -0.1) is 0 Å². The van der Waals surface area contributed by atoms with Crippen LogP contribution in [0.4, 0.5) is 13.2 Å². The first-order valence-corrected chi connectivity index (χ1v) is 5.71. The molecule has 1 aromatic carbocycles. The second-order valence-electron chi connectivity index (χ2n) is 4.16. The van der Waals surface area contributed by atoms with Crippen molar-refractivity contribution >= 4 is 5.97 Å². The number of carboxylic acid groups (broad SMARTS) is 1. The SMILES string of the molecule is O=C(O)Cc1cccnc1-c1ccc(C(F)(F)F)cc1. The summed E-state index contributed by atoms with van der Waals surface area (Å²) in [5, 5.41) is 8.81. The molecule has 0 aliphatic carbocycles. The molecular weight excluding hydrogens is 271 g/mol. The predicted octanol–water partition coefficient (Wildman–Crippen LogP) is 3.39. The minimum atomic E-state index is -4.40. The smallest absolute Gasteiger partial charge is 0.416 e. The van der Waals surface area contributed by atoms with Crippen molar-refractivity contribution in [2.45, 2.75) is 12.6 Å². The highest BCUT2D eigenvalue weighted by Crippen LogP contribution is 2.31. The van der Waals surface area contributed by atoms with Crippen LogP contribution < -0.4 is 0 Å². The molecule has 0 amide bonds. The molecule has 0 bridgehead atoms. The minimum absolute atomic E-state index is 0.232. The molecule has 1 heterocycles. The fourth-order valence-electron chi connectivity index (χ4n) is 1.82. The van der Waals surface area contributed by atoms with Crippen LogP contribution in [-0.4, -0.2) is 16.1 Å². The van der Waals surface area contributed by atoms with Crippen molar-refractivity contribution in [3.05, 3.63) is 53.7 Å². The minimum Gasteiger partial charge on any atom is -0.481 e. The van der Waals surface area contributed by atoms with Crippen LogP contribution in [0.3, 0.4) is 0 Å². The van der Waals surface area contributed by atoms with Crippen LogP contribution in [0.2, 0.25) is 0 Å². The summed E-state index contributed by atoms with van der Waals surface area (Å²) in [5.41, 5.74) is 0.537. The Labute approximate surface area is 112 Å². The van der Waals surface area contributed by atoms with E-state index in [2.05, 4.69) is 4.98 Å². The molecule has 104 valence electrons. The van der Waals surface area contributed by atoms with Crippen LogP contribution in [0.25, 0.3) is 11.3 Å². The second kappa shape index (κ2) is 5.32. The maximum Gasteiger partial charge on any atom is 0.416 e. The number of nitrogens with zero attached hydrogens (tertiary/aromatic N) is 1. The molecular formula is C14H10F3NO2. The first-order chi connectivity index (χ1) is 9.38. The van der Waals surface area contributed by atoms with E-state index in [4.69, 9.17) is 5.11 Å². The number of halogens is 3. The van der Waals surface area contributed by atoms with Gasteiger partial charge in [0.2, 0.25) is 0 Å². The highest BCUT2D eigenvalue weighted by Gasteiger charge is 2.30. The van der Waals surface area contributed by atoms with Gasteiger partial charge in [-0.2, -0.15) is 13.2 Å². The van der Waals surface area contributed by atoms with E-state index in [1.54, 1.807) is 12.1 Å². The lowest BCUT2D eigenvalue weighted by molar-refractivity contribution is -0.138. The number of benzene rings is 1. The van der Waals surface area contributed by atoms with Crippen LogP contribution in [0, 0.1) is 0 Å². The number of rotatable bonds is 3. The summed E-state index contributed by atoms with van der Waals surface area (Å²) in [6, 6.07) is 7.66. The quantitative estimate of drug-likeness (QED) is 0.938. The number of alkyl halides is 3. The number of pyridine rings is 1. The van der Waals surface area contributed by atoms with Crippen molar-refractivity contribution in [1.82, 2.24) is 4.98 Å². The number of aliphatic carboxylic acids is 1. The third-order valence-corrected chi connectivity index (χ3v) is 2.72. The number of carbonyl (C=O) groups is 1. The molecule has 2 rings (SSSR count). The molecule has 0 fully saturated rings. The Hall–Kier alpha value is -2.37. The number of hydrogen-bond acceptors (Lipinski definition) is 2. The van der Waals surface area contributed by atoms with E-state index in [9.17, 15) is 18.0 Å². The molecule has 3 nitrogen and oxygen atoms in total. The molecule has 0 unspecified atom stereocenters. The molecule has 0 saturated carbocycles. The highest BCUT2D eigenvalue weighted by atomic mass is 19.4. The number of hydrogen-bond donors (Lipinski definition) is 1. The van der Waals surface area contributed by atoms with E-state index < -0.39 is 17.7 Å². The summed E-state index contributed by atoms with van der Waals surface area (Å²) in [5.74, 6) is -1.02. The standard InChI is InChI=1S/C14H10F3NO2/c15-14(16,17)11-5-3-9(4-6-11)13-10(8-12(19)20)2-1-7-18-13/h1-7H,8H2,(H,19,20). The van der Waals surface area contributed by atoms with Crippen LogP contribution in [0.15, 0.2) is 42.6 Å².